The van der Waals surface area contributed by atoms with Crippen LogP contribution in [0.1, 0.15) is 43.5 Å². The van der Waals surface area contributed by atoms with E-state index in [1.807, 2.05) is 23.6 Å². The molecule has 33 heavy (non-hydrogen) atoms. The van der Waals surface area contributed by atoms with Gasteiger partial charge in [-0.3, -0.25) is 19.4 Å². The Kier molecular flexibility index (Phi) is 8.09. The maximum atomic E-state index is 13.0. The molecule has 0 atom stereocenters. The fourth-order valence-corrected chi connectivity index (χ4v) is 4.86. The van der Waals surface area contributed by atoms with E-state index in [2.05, 4.69) is 9.80 Å². The fraction of sp³-hybridized carbons (Fsp3) is 0.680. The predicted molar refractivity (Wildman–Crippen MR) is 127 cm³/mol. The van der Waals surface area contributed by atoms with E-state index in [0.717, 1.165) is 45.3 Å². The van der Waals surface area contributed by atoms with E-state index in [4.69, 9.17) is 9.47 Å². The smallest absolute Gasteiger partial charge is 0.254 e. The summed E-state index contributed by atoms with van der Waals surface area (Å²) < 4.78 is 11.3. The Bertz CT molecular complexity index is 813. The lowest BCUT2D eigenvalue weighted by atomic mass is 9.91. The zero-order chi connectivity index (χ0) is 23.2. The average molecular weight is 459 g/mol. The molecule has 2 heterocycles. The van der Waals surface area contributed by atoms with Gasteiger partial charge in [0.1, 0.15) is 0 Å². The normalized spacial score (nSPS) is 20.4. The second-order valence-electron chi connectivity index (χ2n) is 9.10. The van der Waals surface area contributed by atoms with Crippen molar-refractivity contribution in [2.24, 2.45) is 0 Å². The van der Waals surface area contributed by atoms with E-state index in [1.165, 1.54) is 19.3 Å². The predicted octanol–water partition coefficient (Wildman–Crippen LogP) is 1.94. The number of hydrogen-bond acceptors (Lipinski definition) is 6. The van der Waals surface area contributed by atoms with Gasteiger partial charge in [0, 0.05) is 64.0 Å². The largest absolute Gasteiger partial charge is 0.490 e. The topological polar surface area (TPSA) is 65.6 Å². The SMILES string of the molecule is CCOc1ccc(C(=O)N2CCN(CC(=O)N3CCN(C4CCC4)CC3)CC2)cc1OCC. The van der Waals surface area contributed by atoms with Crippen LogP contribution >= 0.6 is 0 Å². The van der Waals surface area contributed by atoms with Crippen molar-refractivity contribution in [1.82, 2.24) is 19.6 Å². The van der Waals surface area contributed by atoms with Crippen LogP contribution in [0.2, 0.25) is 0 Å². The molecule has 1 saturated carbocycles. The Morgan fingerprint density at radius 1 is 0.848 bits per heavy atom. The Balaban J connectivity index is 1.24. The van der Waals surface area contributed by atoms with Crippen molar-refractivity contribution in [3.8, 4) is 11.5 Å². The van der Waals surface area contributed by atoms with Crippen molar-refractivity contribution in [3.63, 3.8) is 0 Å². The van der Waals surface area contributed by atoms with Crippen molar-refractivity contribution >= 4 is 11.8 Å². The van der Waals surface area contributed by atoms with E-state index in [-0.39, 0.29) is 11.8 Å². The highest BCUT2D eigenvalue weighted by Crippen LogP contribution is 2.29. The van der Waals surface area contributed by atoms with Gasteiger partial charge in [0.2, 0.25) is 5.91 Å². The van der Waals surface area contributed by atoms with Crippen LogP contribution in [0.25, 0.3) is 0 Å². The molecule has 2 aliphatic heterocycles. The first-order valence-corrected chi connectivity index (χ1v) is 12.5. The molecule has 1 aromatic carbocycles. The molecule has 0 N–H and O–H groups in total. The molecule has 0 bridgehead atoms. The summed E-state index contributed by atoms with van der Waals surface area (Å²) in [5, 5.41) is 0. The molecule has 1 aromatic rings. The van der Waals surface area contributed by atoms with Crippen LogP contribution in [0, 0.1) is 0 Å². The van der Waals surface area contributed by atoms with E-state index in [0.29, 0.717) is 49.9 Å². The van der Waals surface area contributed by atoms with Crippen LogP contribution in [0.5, 0.6) is 11.5 Å². The molecule has 4 rings (SSSR count). The van der Waals surface area contributed by atoms with E-state index in [9.17, 15) is 9.59 Å². The molecule has 8 heteroatoms. The summed E-state index contributed by atoms with van der Waals surface area (Å²) >= 11 is 0. The maximum Gasteiger partial charge on any atom is 0.254 e. The van der Waals surface area contributed by atoms with Gasteiger partial charge in [-0.1, -0.05) is 6.42 Å². The van der Waals surface area contributed by atoms with E-state index in [1.54, 1.807) is 18.2 Å². The zero-order valence-corrected chi connectivity index (χ0v) is 20.1. The summed E-state index contributed by atoms with van der Waals surface area (Å²) in [4.78, 5) is 34.5. The van der Waals surface area contributed by atoms with Gasteiger partial charge in [-0.25, -0.2) is 0 Å². The number of hydrogen-bond donors (Lipinski definition) is 0. The van der Waals surface area contributed by atoms with Gasteiger partial charge in [0.25, 0.3) is 5.91 Å². The number of nitrogens with zero attached hydrogens (tertiary/aromatic N) is 4. The summed E-state index contributed by atoms with van der Waals surface area (Å²) in [6.45, 7) is 11.7. The molecule has 182 valence electrons. The molecule has 8 nitrogen and oxygen atoms in total. The molecule has 2 saturated heterocycles. The zero-order valence-electron chi connectivity index (χ0n) is 20.1. The average Bonchev–Trinajstić information content (AvgIpc) is 2.80. The monoisotopic (exact) mass is 458 g/mol. The van der Waals surface area contributed by atoms with Crippen molar-refractivity contribution in [2.45, 2.75) is 39.2 Å². The minimum Gasteiger partial charge on any atom is -0.490 e. The summed E-state index contributed by atoms with van der Waals surface area (Å²) in [5.41, 5.74) is 0.607. The molecule has 0 aromatic heterocycles. The summed E-state index contributed by atoms with van der Waals surface area (Å²) in [6, 6.07) is 6.14. The molecule has 2 amide bonds. The Morgan fingerprint density at radius 3 is 2.09 bits per heavy atom. The first-order chi connectivity index (χ1) is 16.1. The van der Waals surface area contributed by atoms with Gasteiger partial charge in [0.05, 0.1) is 19.8 Å². The van der Waals surface area contributed by atoms with Gasteiger partial charge < -0.3 is 19.3 Å². The second kappa shape index (κ2) is 11.2. The molecule has 0 unspecified atom stereocenters. The summed E-state index contributed by atoms with van der Waals surface area (Å²) in [5.74, 6) is 1.48. The van der Waals surface area contributed by atoms with Gasteiger partial charge >= 0.3 is 0 Å². The van der Waals surface area contributed by atoms with Crippen LogP contribution in [-0.2, 0) is 4.79 Å². The third-order valence-electron chi connectivity index (χ3n) is 7.07. The Labute approximate surface area is 197 Å². The number of amides is 2. The molecule has 0 spiro atoms. The standard InChI is InChI=1S/C25H38N4O4/c1-3-32-22-9-8-20(18-23(22)33-4-2)25(31)29-12-10-26(11-13-29)19-24(30)28-16-14-27(15-17-28)21-6-5-7-21/h8-9,18,21H,3-7,10-17,19H2,1-2H3. The fourth-order valence-electron chi connectivity index (χ4n) is 4.86. The number of ether oxygens (including phenoxy) is 2. The van der Waals surface area contributed by atoms with Crippen LogP contribution < -0.4 is 9.47 Å². The van der Waals surface area contributed by atoms with Crippen LogP contribution in [0.15, 0.2) is 18.2 Å². The molecule has 3 aliphatic rings. The molecular formula is C25H38N4O4. The molecule has 3 fully saturated rings. The third kappa shape index (κ3) is 5.79. The highest BCUT2D eigenvalue weighted by Gasteiger charge is 2.30. The maximum absolute atomic E-state index is 13.0. The number of carbonyl (C=O) groups excluding carboxylic acids is 2. The lowest BCUT2D eigenvalue weighted by molar-refractivity contribution is -0.135. The van der Waals surface area contributed by atoms with Crippen LogP contribution in [0.3, 0.4) is 0 Å². The Morgan fingerprint density at radius 2 is 1.48 bits per heavy atom. The van der Waals surface area contributed by atoms with Crippen molar-refractivity contribution in [1.29, 1.82) is 0 Å². The van der Waals surface area contributed by atoms with E-state index >= 15 is 0 Å². The van der Waals surface area contributed by atoms with Gasteiger partial charge in [-0.05, 0) is 44.9 Å². The Hall–Kier alpha value is -2.32. The summed E-state index contributed by atoms with van der Waals surface area (Å²) in [6.07, 6.45) is 3.99. The van der Waals surface area contributed by atoms with Gasteiger partial charge in [-0.15, -0.1) is 0 Å². The molecular weight excluding hydrogens is 420 g/mol. The number of rotatable bonds is 8. The number of piperazine rings is 2. The highest BCUT2D eigenvalue weighted by atomic mass is 16.5. The first-order valence-electron chi connectivity index (χ1n) is 12.5. The lowest BCUT2D eigenvalue weighted by Crippen LogP contribution is -2.56. The summed E-state index contributed by atoms with van der Waals surface area (Å²) in [7, 11) is 0. The molecule has 0 radical (unpaired) electrons. The molecule has 1 aliphatic carbocycles. The van der Waals surface area contributed by atoms with Crippen molar-refractivity contribution in [2.75, 3.05) is 72.1 Å². The van der Waals surface area contributed by atoms with Crippen LogP contribution in [0.4, 0.5) is 0 Å². The quantitative estimate of drug-likeness (QED) is 0.593. The van der Waals surface area contributed by atoms with Gasteiger partial charge in [0.15, 0.2) is 11.5 Å². The number of carbonyl (C=O) groups is 2. The van der Waals surface area contributed by atoms with Crippen molar-refractivity contribution < 1.29 is 19.1 Å². The second-order valence-corrected chi connectivity index (χ2v) is 9.10. The minimum atomic E-state index is -0.00269. The van der Waals surface area contributed by atoms with E-state index < -0.39 is 0 Å². The number of benzene rings is 1. The highest BCUT2D eigenvalue weighted by molar-refractivity contribution is 5.95. The first kappa shape index (κ1) is 23.8. The lowest BCUT2D eigenvalue weighted by Gasteiger charge is -2.43. The minimum absolute atomic E-state index is 0.00269. The van der Waals surface area contributed by atoms with Crippen molar-refractivity contribution in [3.05, 3.63) is 23.8 Å². The van der Waals surface area contributed by atoms with Gasteiger partial charge in [-0.2, -0.15) is 0 Å². The van der Waals surface area contributed by atoms with Crippen LogP contribution in [-0.4, -0.2) is 110 Å². The third-order valence-corrected chi connectivity index (χ3v) is 7.07.